The van der Waals surface area contributed by atoms with E-state index in [4.69, 9.17) is 14.7 Å². The molecule has 1 amide bonds. The molecule has 37 heavy (non-hydrogen) atoms. The lowest BCUT2D eigenvalue weighted by molar-refractivity contribution is 0.0953. The number of rotatable bonds is 7. The summed E-state index contributed by atoms with van der Waals surface area (Å²) in [6, 6.07) is 15.8. The fourth-order valence-electron chi connectivity index (χ4n) is 4.62. The molecule has 1 aliphatic rings. The maximum absolute atomic E-state index is 12.9. The number of hydrogen-bond acceptors (Lipinski definition) is 6. The van der Waals surface area contributed by atoms with Crippen molar-refractivity contribution in [3.05, 3.63) is 72.8 Å². The van der Waals surface area contributed by atoms with Gasteiger partial charge in [-0.05, 0) is 50.3 Å². The zero-order valence-electron chi connectivity index (χ0n) is 21.2. The summed E-state index contributed by atoms with van der Waals surface area (Å²) in [6.45, 7) is 4.88. The average molecular weight is 499 g/mol. The Hall–Kier alpha value is -3.78. The third-order valence-electron chi connectivity index (χ3n) is 6.63. The highest BCUT2D eigenvalue weighted by Gasteiger charge is 2.19. The molecule has 3 heterocycles. The van der Waals surface area contributed by atoms with E-state index in [1.807, 2.05) is 47.2 Å². The number of aromatic nitrogens is 4. The number of nitrogens with zero attached hydrogens (tertiary/aromatic N) is 5. The first-order chi connectivity index (χ1) is 18.3. The normalized spacial score (nSPS) is 15.0. The van der Waals surface area contributed by atoms with Crippen LogP contribution in [0.15, 0.2) is 67.3 Å². The SMILES string of the molecule is O=C(NCCCn1ccnc1)c1ccc2nc(N3CCCCOCCCC3)c(-c3ccccc3)nc2c1. The number of carbonyl (C=O) groups is 1. The van der Waals surface area contributed by atoms with Gasteiger partial charge in [0.25, 0.3) is 5.91 Å². The van der Waals surface area contributed by atoms with Crippen molar-refractivity contribution in [1.82, 2.24) is 24.8 Å². The van der Waals surface area contributed by atoms with E-state index in [9.17, 15) is 4.79 Å². The quantitative estimate of drug-likeness (QED) is 0.372. The first-order valence-corrected chi connectivity index (χ1v) is 13.2. The highest BCUT2D eigenvalue weighted by molar-refractivity contribution is 5.97. The van der Waals surface area contributed by atoms with Gasteiger partial charge >= 0.3 is 0 Å². The van der Waals surface area contributed by atoms with E-state index in [0.717, 1.165) is 93.1 Å². The molecule has 1 saturated heterocycles. The lowest BCUT2D eigenvalue weighted by Gasteiger charge is -2.27. The monoisotopic (exact) mass is 498 g/mol. The van der Waals surface area contributed by atoms with E-state index in [1.165, 1.54) is 0 Å². The van der Waals surface area contributed by atoms with Crippen LogP contribution >= 0.6 is 0 Å². The summed E-state index contributed by atoms with van der Waals surface area (Å²) in [4.78, 5) is 29.4. The number of ether oxygens (including phenoxy) is 1. The van der Waals surface area contributed by atoms with Gasteiger partial charge in [0.05, 0.1) is 17.4 Å². The highest BCUT2D eigenvalue weighted by atomic mass is 16.5. The lowest BCUT2D eigenvalue weighted by Crippen LogP contribution is -2.29. The minimum atomic E-state index is -0.0991. The second-order valence-corrected chi connectivity index (χ2v) is 9.39. The van der Waals surface area contributed by atoms with Crippen LogP contribution in [0.5, 0.6) is 0 Å². The molecule has 0 spiro atoms. The smallest absolute Gasteiger partial charge is 0.251 e. The van der Waals surface area contributed by atoms with Crippen molar-refractivity contribution >= 4 is 22.8 Å². The van der Waals surface area contributed by atoms with Crippen LogP contribution in [0, 0.1) is 0 Å². The fourth-order valence-corrected chi connectivity index (χ4v) is 4.62. The van der Waals surface area contributed by atoms with Crippen LogP contribution in [-0.2, 0) is 11.3 Å². The van der Waals surface area contributed by atoms with Gasteiger partial charge in [0, 0.05) is 62.9 Å². The number of hydrogen-bond donors (Lipinski definition) is 1. The van der Waals surface area contributed by atoms with E-state index < -0.39 is 0 Å². The van der Waals surface area contributed by atoms with Crippen molar-refractivity contribution in [3.8, 4) is 11.3 Å². The predicted octanol–water partition coefficient (Wildman–Crippen LogP) is 4.71. The number of fused-ring (bicyclic) bond motifs is 1. The van der Waals surface area contributed by atoms with Crippen LogP contribution in [0.4, 0.5) is 5.82 Å². The molecule has 0 aliphatic carbocycles. The molecule has 5 rings (SSSR count). The van der Waals surface area contributed by atoms with Gasteiger partial charge in [-0.25, -0.2) is 15.0 Å². The molecule has 192 valence electrons. The summed E-state index contributed by atoms with van der Waals surface area (Å²) in [5, 5.41) is 3.02. The Labute approximate surface area is 217 Å². The Balaban J connectivity index is 1.39. The summed E-state index contributed by atoms with van der Waals surface area (Å²) in [5.41, 5.74) is 4.01. The van der Waals surface area contributed by atoms with Gasteiger partial charge in [-0.1, -0.05) is 30.3 Å². The first-order valence-electron chi connectivity index (χ1n) is 13.2. The molecule has 0 saturated carbocycles. The number of nitrogens with one attached hydrogen (secondary N) is 1. The molecular weight excluding hydrogens is 464 g/mol. The van der Waals surface area contributed by atoms with Crippen LogP contribution < -0.4 is 10.2 Å². The molecule has 1 aliphatic heterocycles. The number of carbonyl (C=O) groups excluding carboxylic acids is 1. The van der Waals surface area contributed by atoms with Crippen molar-refractivity contribution in [3.63, 3.8) is 0 Å². The van der Waals surface area contributed by atoms with Crippen molar-refractivity contribution in [2.75, 3.05) is 37.7 Å². The molecule has 4 aromatic rings. The summed E-state index contributed by atoms with van der Waals surface area (Å²) in [7, 11) is 0. The second kappa shape index (κ2) is 12.5. The van der Waals surface area contributed by atoms with E-state index >= 15 is 0 Å². The Morgan fingerprint density at radius 1 is 0.946 bits per heavy atom. The number of amides is 1. The van der Waals surface area contributed by atoms with Crippen LogP contribution in [0.25, 0.3) is 22.3 Å². The van der Waals surface area contributed by atoms with Crippen molar-refractivity contribution in [2.45, 2.75) is 38.6 Å². The van der Waals surface area contributed by atoms with Gasteiger partial charge in [-0.15, -0.1) is 0 Å². The molecule has 2 aromatic carbocycles. The van der Waals surface area contributed by atoms with Crippen molar-refractivity contribution in [1.29, 1.82) is 0 Å². The minimum absolute atomic E-state index is 0.0991. The molecular formula is C29H34N6O2. The molecule has 1 fully saturated rings. The van der Waals surface area contributed by atoms with Crippen molar-refractivity contribution in [2.24, 2.45) is 0 Å². The number of anilines is 1. The van der Waals surface area contributed by atoms with Crippen LogP contribution in [0.2, 0.25) is 0 Å². The number of aryl methyl sites for hydroxylation is 1. The highest BCUT2D eigenvalue weighted by Crippen LogP contribution is 2.30. The van der Waals surface area contributed by atoms with Gasteiger partial charge in [0.2, 0.25) is 0 Å². The van der Waals surface area contributed by atoms with E-state index in [-0.39, 0.29) is 5.91 Å². The van der Waals surface area contributed by atoms with Gasteiger partial charge in [0.15, 0.2) is 5.82 Å². The molecule has 0 radical (unpaired) electrons. The van der Waals surface area contributed by atoms with Gasteiger partial charge in [-0.3, -0.25) is 4.79 Å². The van der Waals surface area contributed by atoms with Crippen LogP contribution in [0.1, 0.15) is 42.5 Å². The fraction of sp³-hybridized carbons (Fsp3) is 0.379. The van der Waals surface area contributed by atoms with Crippen LogP contribution in [0.3, 0.4) is 0 Å². The van der Waals surface area contributed by atoms with Gasteiger partial charge in [-0.2, -0.15) is 0 Å². The standard InChI is InChI=1S/C29H34N6O2/c36-29(31-13-8-15-34-18-14-30-22-34)24-11-12-25-26(21-24)32-27(23-9-2-1-3-10-23)28(33-25)35-16-4-6-19-37-20-7-5-17-35/h1-3,9-12,14,18,21-22H,4-8,13,15-17,19-20H2,(H,31,36). The lowest BCUT2D eigenvalue weighted by atomic mass is 10.1. The summed E-state index contributed by atoms with van der Waals surface area (Å²) >= 11 is 0. The number of imidazole rings is 1. The molecule has 0 atom stereocenters. The molecule has 1 N–H and O–H groups in total. The Morgan fingerprint density at radius 3 is 2.51 bits per heavy atom. The predicted molar refractivity (Wildman–Crippen MR) is 146 cm³/mol. The zero-order valence-corrected chi connectivity index (χ0v) is 21.2. The average Bonchev–Trinajstić information content (AvgIpc) is 3.47. The first kappa shape index (κ1) is 24.9. The Bertz CT molecular complexity index is 1280. The molecule has 0 unspecified atom stereocenters. The molecule has 2 aromatic heterocycles. The molecule has 8 heteroatoms. The van der Waals surface area contributed by atoms with Crippen molar-refractivity contribution < 1.29 is 9.53 Å². The third kappa shape index (κ3) is 6.51. The topological polar surface area (TPSA) is 85.2 Å². The van der Waals surface area contributed by atoms with Gasteiger partial charge < -0.3 is 19.5 Å². The third-order valence-corrected chi connectivity index (χ3v) is 6.63. The number of benzene rings is 2. The Morgan fingerprint density at radius 2 is 1.76 bits per heavy atom. The summed E-state index contributed by atoms with van der Waals surface area (Å²) < 4.78 is 7.70. The molecule has 0 bridgehead atoms. The van der Waals surface area contributed by atoms with Crippen LogP contribution in [-0.4, -0.2) is 58.3 Å². The van der Waals surface area contributed by atoms with E-state index in [2.05, 4.69) is 27.3 Å². The maximum Gasteiger partial charge on any atom is 0.251 e. The molecule has 8 nitrogen and oxygen atoms in total. The minimum Gasteiger partial charge on any atom is -0.381 e. The maximum atomic E-state index is 12.9. The Kier molecular flexibility index (Phi) is 8.38. The summed E-state index contributed by atoms with van der Waals surface area (Å²) in [5.74, 6) is 0.815. The second-order valence-electron chi connectivity index (χ2n) is 9.39. The van der Waals surface area contributed by atoms with E-state index in [0.29, 0.717) is 12.1 Å². The van der Waals surface area contributed by atoms with E-state index in [1.54, 1.807) is 12.5 Å². The zero-order chi connectivity index (χ0) is 25.3. The summed E-state index contributed by atoms with van der Waals surface area (Å²) in [6.07, 6.45) is 10.5. The van der Waals surface area contributed by atoms with Gasteiger partial charge in [0.1, 0.15) is 5.69 Å². The largest absolute Gasteiger partial charge is 0.381 e.